The lowest BCUT2D eigenvalue weighted by molar-refractivity contribution is -0.167. The van der Waals surface area contributed by atoms with Crippen LogP contribution in [0.2, 0.25) is 0 Å². The number of esters is 3. The quantitative estimate of drug-likeness (QED) is 0.0262. The predicted molar refractivity (Wildman–Crippen MR) is 289 cm³/mol. The molecule has 0 fully saturated rings. The van der Waals surface area contributed by atoms with Crippen molar-refractivity contribution in [2.24, 2.45) is 0 Å². The molecule has 0 saturated heterocycles. The molecule has 0 aliphatic rings. The lowest BCUT2D eigenvalue weighted by atomic mass is 10.0. The van der Waals surface area contributed by atoms with E-state index in [4.69, 9.17) is 14.2 Å². The van der Waals surface area contributed by atoms with Crippen LogP contribution in [0.4, 0.5) is 0 Å². The van der Waals surface area contributed by atoms with Crippen molar-refractivity contribution in [3.05, 3.63) is 12.2 Å². The highest BCUT2D eigenvalue weighted by Gasteiger charge is 2.19. The Labute approximate surface area is 418 Å². The molecule has 0 N–H and O–H groups in total. The summed E-state index contributed by atoms with van der Waals surface area (Å²) in [6, 6.07) is 0. The molecule has 0 spiro atoms. The highest BCUT2D eigenvalue weighted by molar-refractivity contribution is 5.71. The van der Waals surface area contributed by atoms with Gasteiger partial charge in [0.1, 0.15) is 13.2 Å². The molecule has 1 atom stereocenters. The van der Waals surface area contributed by atoms with Crippen molar-refractivity contribution in [2.75, 3.05) is 13.2 Å². The van der Waals surface area contributed by atoms with Crippen LogP contribution in [0.15, 0.2) is 12.2 Å². The van der Waals surface area contributed by atoms with Crippen LogP contribution < -0.4 is 0 Å². The zero-order chi connectivity index (χ0) is 48.6. The topological polar surface area (TPSA) is 78.9 Å². The van der Waals surface area contributed by atoms with Gasteiger partial charge in [0.05, 0.1) is 0 Å². The van der Waals surface area contributed by atoms with E-state index in [1.165, 1.54) is 244 Å². The Kier molecular flexibility index (Phi) is 55.2. The fourth-order valence-corrected chi connectivity index (χ4v) is 9.21. The van der Waals surface area contributed by atoms with E-state index in [1.54, 1.807) is 0 Å². The molecule has 0 heterocycles. The van der Waals surface area contributed by atoms with Gasteiger partial charge < -0.3 is 14.2 Å². The standard InChI is InChI=1S/C61H116O6/c1-4-7-10-13-16-19-22-24-26-28-30-32-34-36-39-42-45-48-51-54-60(63)66-57-58(56-65-59(62)53-50-47-44-41-38-21-18-15-12-9-6-3)67-61(64)55-52-49-46-43-40-37-35-33-31-29-27-25-23-20-17-14-11-8-5-2/h25,27,58H,4-24,26,28-57H2,1-3H3/b27-25-/t58-/m0/s1. The average molecular weight is 946 g/mol. The molecular weight excluding hydrogens is 829 g/mol. The number of allylic oxidation sites excluding steroid dienone is 2. The molecule has 0 unspecified atom stereocenters. The van der Waals surface area contributed by atoms with Gasteiger partial charge in [0.2, 0.25) is 0 Å². The number of ether oxygens (including phenoxy) is 3. The summed E-state index contributed by atoms with van der Waals surface area (Å²) < 4.78 is 16.9. The Balaban J connectivity index is 4.25. The maximum Gasteiger partial charge on any atom is 0.306 e. The van der Waals surface area contributed by atoms with Gasteiger partial charge in [-0.2, -0.15) is 0 Å². The van der Waals surface area contributed by atoms with E-state index < -0.39 is 6.10 Å². The number of hydrogen-bond acceptors (Lipinski definition) is 6. The van der Waals surface area contributed by atoms with Crippen molar-refractivity contribution in [3.63, 3.8) is 0 Å². The molecule has 0 bridgehead atoms. The lowest BCUT2D eigenvalue weighted by Gasteiger charge is -2.18. The van der Waals surface area contributed by atoms with Crippen molar-refractivity contribution in [1.29, 1.82) is 0 Å². The predicted octanol–water partition coefficient (Wildman–Crippen LogP) is 20.1. The Bertz CT molecular complexity index is 1040. The second kappa shape index (κ2) is 56.7. The van der Waals surface area contributed by atoms with Crippen LogP contribution in [-0.2, 0) is 28.6 Å². The maximum atomic E-state index is 12.9. The summed E-state index contributed by atoms with van der Waals surface area (Å²) >= 11 is 0. The summed E-state index contributed by atoms with van der Waals surface area (Å²) in [5.41, 5.74) is 0. The van der Waals surface area contributed by atoms with Gasteiger partial charge in [0.15, 0.2) is 6.10 Å². The third kappa shape index (κ3) is 55.0. The van der Waals surface area contributed by atoms with Gasteiger partial charge in [0, 0.05) is 19.3 Å². The number of hydrogen-bond donors (Lipinski definition) is 0. The molecule has 0 aromatic carbocycles. The number of rotatable bonds is 56. The fraction of sp³-hybridized carbons (Fsp3) is 0.918. The molecule has 0 aromatic heterocycles. The van der Waals surface area contributed by atoms with Crippen LogP contribution >= 0.6 is 0 Å². The zero-order valence-electron chi connectivity index (χ0n) is 45.5. The van der Waals surface area contributed by atoms with Crippen LogP contribution in [-0.4, -0.2) is 37.2 Å². The minimum atomic E-state index is -0.765. The highest BCUT2D eigenvalue weighted by atomic mass is 16.6. The molecule has 0 amide bonds. The molecule has 0 radical (unpaired) electrons. The fourth-order valence-electron chi connectivity index (χ4n) is 9.21. The Morgan fingerprint density at radius 3 is 0.746 bits per heavy atom. The largest absolute Gasteiger partial charge is 0.462 e. The van der Waals surface area contributed by atoms with E-state index in [1.807, 2.05) is 0 Å². The molecule has 396 valence electrons. The second-order valence-corrected chi connectivity index (χ2v) is 20.6. The first-order chi connectivity index (χ1) is 33.0. The van der Waals surface area contributed by atoms with E-state index in [-0.39, 0.29) is 31.1 Å². The van der Waals surface area contributed by atoms with Gasteiger partial charge in [0.25, 0.3) is 0 Å². The van der Waals surface area contributed by atoms with Gasteiger partial charge in [-0.25, -0.2) is 0 Å². The van der Waals surface area contributed by atoms with Gasteiger partial charge >= 0.3 is 17.9 Å². The first-order valence-electron chi connectivity index (χ1n) is 30.2. The average Bonchev–Trinajstić information content (AvgIpc) is 3.33. The third-order valence-electron chi connectivity index (χ3n) is 13.8. The normalized spacial score (nSPS) is 12.0. The van der Waals surface area contributed by atoms with Gasteiger partial charge in [-0.3, -0.25) is 14.4 Å². The summed E-state index contributed by atoms with van der Waals surface area (Å²) in [4.78, 5) is 38.1. The summed E-state index contributed by atoms with van der Waals surface area (Å²) in [6.07, 6.45) is 64.9. The van der Waals surface area contributed by atoms with Crippen molar-refractivity contribution in [3.8, 4) is 0 Å². The first-order valence-corrected chi connectivity index (χ1v) is 30.2. The zero-order valence-corrected chi connectivity index (χ0v) is 45.5. The van der Waals surface area contributed by atoms with E-state index in [2.05, 4.69) is 32.9 Å². The van der Waals surface area contributed by atoms with Gasteiger partial charge in [-0.15, -0.1) is 0 Å². The Hall–Kier alpha value is -1.85. The molecule has 6 nitrogen and oxygen atoms in total. The van der Waals surface area contributed by atoms with Crippen LogP contribution in [0, 0.1) is 0 Å². The summed E-state index contributed by atoms with van der Waals surface area (Å²) in [7, 11) is 0. The van der Waals surface area contributed by atoms with Crippen LogP contribution in [0.25, 0.3) is 0 Å². The Morgan fingerprint density at radius 1 is 0.284 bits per heavy atom. The van der Waals surface area contributed by atoms with Crippen molar-refractivity contribution in [1.82, 2.24) is 0 Å². The monoisotopic (exact) mass is 945 g/mol. The number of carbonyl (C=O) groups excluding carboxylic acids is 3. The minimum absolute atomic E-state index is 0.0646. The molecule has 0 aliphatic heterocycles. The SMILES string of the molecule is CCCCCCCC/C=C\CCCCCCCCCCCC(=O)O[C@@H](COC(=O)CCCCCCCCCCCCC)COC(=O)CCCCCCCCCCCCCCCCCCCCC. The van der Waals surface area contributed by atoms with E-state index in [0.717, 1.165) is 57.8 Å². The van der Waals surface area contributed by atoms with Gasteiger partial charge in [-0.1, -0.05) is 290 Å². The molecule has 0 rings (SSSR count). The van der Waals surface area contributed by atoms with Crippen LogP contribution in [0.5, 0.6) is 0 Å². The molecule has 67 heavy (non-hydrogen) atoms. The third-order valence-corrected chi connectivity index (χ3v) is 13.8. The Morgan fingerprint density at radius 2 is 0.493 bits per heavy atom. The van der Waals surface area contributed by atoms with Crippen molar-refractivity contribution >= 4 is 17.9 Å². The summed E-state index contributed by atoms with van der Waals surface area (Å²) in [6.45, 7) is 6.69. The molecule has 6 heteroatoms. The number of unbranched alkanes of at least 4 members (excludes halogenated alkanes) is 43. The van der Waals surface area contributed by atoms with Crippen molar-refractivity contribution in [2.45, 2.75) is 348 Å². The summed E-state index contributed by atoms with van der Waals surface area (Å²) in [5.74, 6) is -0.841. The number of carbonyl (C=O) groups is 3. The van der Waals surface area contributed by atoms with Crippen LogP contribution in [0.3, 0.4) is 0 Å². The minimum Gasteiger partial charge on any atom is -0.462 e. The van der Waals surface area contributed by atoms with E-state index in [0.29, 0.717) is 19.3 Å². The van der Waals surface area contributed by atoms with Crippen LogP contribution in [0.1, 0.15) is 342 Å². The smallest absolute Gasteiger partial charge is 0.306 e. The molecule has 0 aliphatic carbocycles. The molecule has 0 saturated carbocycles. The first kappa shape index (κ1) is 65.1. The molecular formula is C61H116O6. The lowest BCUT2D eigenvalue weighted by Crippen LogP contribution is -2.30. The molecule has 0 aromatic rings. The highest BCUT2D eigenvalue weighted by Crippen LogP contribution is 2.17. The van der Waals surface area contributed by atoms with Crippen molar-refractivity contribution < 1.29 is 28.6 Å². The van der Waals surface area contributed by atoms with E-state index in [9.17, 15) is 14.4 Å². The van der Waals surface area contributed by atoms with Gasteiger partial charge in [-0.05, 0) is 44.9 Å². The van der Waals surface area contributed by atoms with E-state index >= 15 is 0 Å². The second-order valence-electron chi connectivity index (χ2n) is 20.6. The maximum absolute atomic E-state index is 12.9. The summed E-state index contributed by atoms with van der Waals surface area (Å²) in [5, 5.41) is 0.